The zero-order valence-corrected chi connectivity index (χ0v) is 21.5. The maximum Gasteiger partial charge on any atom is 0.148 e. The van der Waals surface area contributed by atoms with Crippen LogP contribution >= 0.6 is 7.14 Å². The van der Waals surface area contributed by atoms with Crippen molar-refractivity contribution in [3.05, 3.63) is 60.7 Å². The van der Waals surface area contributed by atoms with Gasteiger partial charge >= 0.3 is 0 Å². The minimum atomic E-state index is -2.92. The standard InChI is InChI=1S/C29H45O3P/c1-26(33(32,27-20-14-12-15-21-27)28-22-16-13-17-23-28)29(31)24-18-10-8-6-4-2-3-5-7-9-11-19-25-30/h12-17,20-23,26,29-31H,2-11,18-19,24-25H2,1H3/t26-,29+/m0/s1. The van der Waals surface area contributed by atoms with Gasteiger partial charge in [0.05, 0.1) is 6.10 Å². The number of unbranched alkanes of at least 4 members (excludes halogenated alkanes) is 11. The highest BCUT2D eigenvalue weighted by molar-refractivity contribution is 7.79. The molecule has 0 aliphatic rings. The number of aliphatic hydroxyl groups excluding tert-OH is 2. The summed E-state index contributed by atoms with van der Waals surface area (Å²) in [6, 6.07) is 19.4. The molecule has 0 radical (unpaired) electrons. The zero-order valence-electron chi connectivity index (χ0n) is 20.6. The van der Waals surface area contributed by atoms with E-state index in [4.69, 9.17) is 5.11 Å². The quantitative estimate of drug-likeness (QED) is 0.185. The van der Waals surface area contributed by atoms with Gasteiger partial charge in [-0.1, -0.05) is 138 Å². The maximum atomic E-state index is 14.3. The highest BCUT2D eigenvalue weighted by atomic mass is 31.2. The lowest BCUT2D eigenvalue weighted by Gasteiger charge is -2.29. The average molecular weight is 473 g/mol. The summed E-state index contributed by atoms with van der Waals surface area (Å²) in [4.78, 5) is 0. The number of benzene rings is 2. The molecule has 3 nitrogen and oxygen atoms in total. The van der Waals surface area contributed by atoms with Gasteiger partial charge in [-0.15, -0.1) is 0 Å². The van der Waals surface area contributed by atoms with Gasteiger partial charge in [-0.05, 0) is 12.8 Å². The summed E-state index contributed by atoms with van der Waals surface area (Å²) in [6.45, 7) is 2.28. The lowest BCUT2D eigenvalue weighted by molar-refractivity contribution is 0.159. The molecule has 2 aromatic rings. The first-order valence-corrected chi connectivity index (χ1v) is 14.9. The number of hydrogen-bond acceptors (Lipinski definition) is 3. The molecule has 0 saturated heterocycles. The molecule has 0 spiro atoms. The van der Waals surface area contributed by atoms with Gasteiger partial charge in [-0.3, -0.25) is 0 Å². The van der Waals surface area contributed by atoms with E-state index in [0.717, 1.165) is 36.3 Å². The van der Waals surface area contributed by atoms with E-state index in [-0.39, 0.29) is 5.66 Å². The molecule has 2 aromatic carbocycles. The van der Waals surface area contributed by atoms with Crippen molar-refractivity contribution in [3.8, 4) is 0 Å². The first-order valence-electron chi connectivity index (χ1n) is 13.1. The molecule has 0 heterocycles. The Labute approximate surface area is 202 Å². The van der Waals surface area contributed by atoms with Gasteiger partial charge in [-0.25, -0.2) is 0 Å². The Balaban J connectivity index is 1.70. The van der Waals surface area contributed by atoms with E-state index in [9.17, 15) is 9.67 Å². The van der Waals surface area contributed by atoms with Crippen molar-refractivity contribution >= 4 is 17.8 Å². The second kappa shape index (κ2) is 16.3. The number of aliphatic hydroxyl groups is 2. The Morgan fingerprint density at radius 1 is 0.636 bits per heavy atom. The Hall–Kier alpha value is -1.41. The normalized spacial score (nSPS) is 13.7. The third kappa shape index (κ3) is 9.39. The second-order valence-corrected chi connectivity index (χ2v) is 12.6. The van der Waals surface area contributed by atoms with Crippen LogP contribution in [0.2, 0.25) is 0 Å². The third-order valence-corrected chi connectivity index (χ3v) is 10.4. The molecule has 0 fully saturated rings. The molecular formula is C29H45O3P. The van der Waals surface area contributed by atoms with Crippen molar-refractivity contribution < 1.29 is 14.8 Å². The van der Waals surface area contributed by atoms with Crippen molar-refractivity contribution in [1.29, 1.82) is 0 Å². The van der Waals surface area contributed by atoms with Gasteiger partial charge in [0.1, 0.15) is 7.14 Å². The van der Waals surface area contributed by atoms with Crippen molar-refractivity contribution in [2.24, 2.45) is 0 Å². The van der Waals surface area contributed by atoms with Crippen LogP contribution in [0.15, 0.2) is 60.7 Å². The summed E-state index contributed by atoms with van der Waals surface area (Å²) in [5.74, 6) is 0. The first-order chi connectivity index (χ1) is 16.1. The predicted molar refractivity (Wildman–Crippen MR) is 142 cm³/mol. The minimum Gasteiger partial charge on any atom is -0.396 e. The summed E-state index contributed by atoms with van der Waals surface area (Å²) >= 11 is 0. The van der Waals surface area contributed by atoms with Gasteiger partial charge in [0.2, 0.25) is 0 Å². The van der Waals surface area contributed by atoms with E-state index in [1.807, 2.05) is 67.6 Å². The van der Waals surface area contributed by atoms with Crippen LogP contribution in [0.25, 0.3) is 0 Å². The van der Waals surface area contributed by atoms with E-state index < -0.39 is 13.2 Å². The topological polar surface area (TPSA) is 57.5 Å². The third-order valence-electron chi connectivity index (χ3n) is 6.82. The van der Waals surface area contributed by atoms with Crippen LogP contribution in [0.1, 0.15) is 90.4 Å². The van der Waals surface area contributed by atoms with Crippen LogP contribution in [0.3, 0.4) is 0 Å². The monoisotopic (exact) mass is 472 g/mol. The van der Waals surface area contributed by atoms with Crippen LogP contribution in [-0.2, 0) is 4.57 Å². The summed E-state index contributed by atoms with van der Waals surface area (Å²) in [5.41, 5.74) is -0.306. The van der Waals surface area contributed by atoms with Crippen LogP contribution in [0, 0.1) is 0 Å². The molecule has 2 N–H and O–H groups in total. The molecule has 0 aliphatic carbocycles. The van der Waals surface area contributed by atoms with Crippen molar-refractivity contribution in [2.45, 2.75) is 102 Å². The first kappa shape index (κ1) is 27.8. The smallest absolute Gasteiger partial charge is 0.148 e. The van der Waals surface area contributed by atoms with Crippen molar-refractivity contribution in [3.63, 3.8) is 0 Å². The van der Waals surface area contributed by atoms with Gasteiger partial charge in [0, 0.05) is 22.9 Å². The molecule has 184 valence electrons. The van der Waals surface area contributed by atoms with E-state index >= 15 is 0 Å². The largest absolute Gasteiger partial charge is 0.396 e. The Morgan fingerprint density at radius 3 is 1.39 bits per heavy atom. The highest BCUT2D eigenvalue weighted by Crippen LogP contribution is 2.50. The van der Waals surface area contributed by atoms with Crippen LogP contribution in [0.5, 0.6) is 0 Å². The molecule has 4 heteroatoms. The molecule has 0 bridgehead atoms. The molecule has 33 heavy (non-hydrogen) atoms. The van der Waals surface area contributed by atoms with E-state index in [1.54, 1.807) is 0 Å². The number of rotatable bonds is 18. The molecule has 0 aliphatic heterocycles. The summed E-state index contributed by atoms with van der Waals surface area (Å²) in [5, 5.41) is 21.4. The second-order valence-electron chi connectivity index (χ2n) is 9.39. The van der Waals surface area contributed by atoms with Gasteiger partial charge < -0.3 is 14.8 Å². The minimum absolute atomic E-state index is 0.306. The maximum absolute atomic E-state index is 14.3. The van der Waals surface area contributed by atoms with Gasteiger partial charge in [0.25, 0.3) is 0 Å². The van der Waals surface area contributed by atoms with Crippen LogP contribution in [-0.4, -0.2) is 28.6 Å². The predicted octanol–water partition coefficient (Wildman–Crippen LogP) is 6.81. The summed E-state index contributed by atoms with van der Waals surface area (Å²) in [6.07, 6.45) is 14.7. The lowest BCUT2D eigenvalue weighted by Crippen LogP contribution is -2.32. The fourth-order valence-corrected chi connectivity index (χ4v) is 7.74. The highest BCUT2D eigenvalue weighted by Gasteiger charge is 2.37. The SMILES string of the molecule is C[C@@H]([C@H](O)CCCCCCCCCCCCCCO)P(=O)(c1ccccc1)c1ccccc1. The molecule has 0 unspecified atom stereocenters. The molecule has 2 atom stereocenters. The van der Waals surface area contributed by atoms with Crippen molar-refractivity contribution in [1.82, 2.24) is 0 Å². The molecule has 0 aromatic heterocycles. The Kier molecular flexibility index (Phi) is 13.7. The molecule has 0 amide bonds. The molecule has 0 saturated carbocycles. The van der Waals surface area contributed by atoms with Crippen LogP contribution in [0.4, 0.5) is 0 Å². The average Bonchev–Trinajstić information content (AvgIpc) is 2.86. The van der Waals surface area contributed by atoms with Gasteiger partial charge in [0.15, 0.2) is 0 Å². The lowest BCUT2D eigenvalue weighted by atomic mass is 10.0. The Morgan fingerprint density at radius 2 is 1.00 bits per heavy atom. The fraction of sp³-hybridized carbons (Fsp3) is 0.586. The van der Waals surface area contributed by atoms with E-state index in [0.29, 0.717) is 13.0 Å². The van der Waals surface area contributed by atoms with E-state index in [1.165, 1.54) is 51.4 Å². The van der Waals surface area contributed by atoms with Crippen LogP contribution < -0.4 is 10.6 Å². The van der Waals surface area contributed by atoms with E-state index in [2.05, 4.69) is 0 Å². The van der Waals surface area contributed by atoms with Gasteiger partial charge in [-0.2, -0.15) is 0 Å². The summed E-state index contributed by atoms with van der Waals surface area (Å²) in [7, 11) is -2.92. The molecular weight excluding hydrogens is 427 g/mol. The summed E-state index contributed by atoms with van der Waals surface area (Å²) < 4.78 is 14.3. The Bertz CT molecular complexity index is 734. The fourth-order valence-electron chi connectivity index (χ4n) is 4.63. The van der Waals surface area contributed by atoms with Crippen molar-refractivity contribution in [2.75, 3.05) is 6.61 Å². The number of hydrogen-bond donors (Lipinski definition) is 2. The molecule has 2 rings (SSSR count). The zero-order chi connectivity index (χ0) is 23.8.